The van der Waals surface area contributed by atoms with E-state index in [4.69, 9.17) is 9.97 Å². The molecule has 250 valence electrons. The van der Waals surface area contributed by atoms with E-state index in [0.29, 0.717) is 17.1 Å². The minimum atomic E-state index is -0.614. The maximum absolute atomic E-state index is 13.5. The average Bonchev–Trinajstić information content (AvgIpc) is 3.82. The highest BCUT2D eigenvalue weighted by Gasteiger charge is 2.30. The number of likely N-dealkylation sites (tertiary alicyclic amines) is 1. The van der Waals surface area contributed by atoms with Gasteiger partial charge in [0.1, 0.15) is 6.04 Å². The Labute approximate surface area is 285 Å². The molecule has 3 aromatic rings. The first kappa shape index (κ1) is 33.6. The van der Waals surface area contributed by atoms with Gasteiger partial charge in [0.15, 0.2) is 5.82 Å². The number of nitrogens with one attached hydrogen (secondary N) is 1. The number of carbonyl (C=O) groups excluding carboxylic acids is 2. The van der Waals surface area contributed by atoms with Crippen LogP contribution in [0, 0.1) is 17.8 Å². The number of hydrogen-bond acceptors (Lipinski definition) is 5. The predicted molar refractivity (Wildman–Crippen MR) is 192 cm³/mol. The van der Waals surface area contributed by atoms with E-state index in [0.717, 1.165) is 71.7 Å². The summed E-state index contributed by atoms with van der Waals surface area (Å²) >= 11 is 1.50. The Morgan fingerprint density at radius 3 is 2.21 bits per heavy atom. The van der Waals surface area contributed by atoms with Crippen molar-refractivity contribution in [1.82, 2.24) is 20.2 Å². The number of amides is 2. The van der Waals surface area contributed by atoms with E-state index in [-0.39, 0.29) is 17.2 Å². The van der Waals surface area contributed by atoms with Crippen molar-refractivity contribution in [2.45, 2.75) is 110 Å². The molecule has 2 unspecified atom stereocenters. The summed E-state index contributed by atoms with van der Waals surface area (Å²) < 4.78 is 0. The highest BCUT2D eigenvalue weighted by molar-refractivity contribution is 7.14. The van der Waals surface area contributed by atoms with Crippen molar-refractivity contribution in [1.29, 1.82) is 0 Å². The van der Waals surface area contributed by atoms with E-state index in [9.17, 15) is 9.59 Å². The maximum Gasteiger partial charge on any atom is 0.262 e. The number of allylic oxidation sites excluding steroid dienone is 2. The molecular formula is C40H52N4O2S. The zero-order valence-corrected chi connectivity index (χ0v) is 29.6. The number of thiophene rings is 1. The zero-order valence-electron chi connectivity index (χ0n) is 28.8. The third-order valence-corrected chi connectivity index (χ3v) is 12.4. The monoisotopic (exact) mass is 652 g/mol. The summed E-state index contributed by atoms with van der Waals surface area (Å²) in [6, 6.07) is 11.4. The Balaban J connectivity index is 1.08. The van der Waals surface area contributed by atoms with Crippen molar-refractivity contribution >= 4 is 28.7 Å². The molecule has 0 bridgehead atoms. The lowest BCUT2D eigenvalue weighted by Crippen LogP contribution is -2.48. The van der Waals surface area contributed by atoms with Crippen LogP contribution < -0.4 is 5.32 Å². The van der Waals surface area contributed by atoms with Gasteiger partial charge in [-0.25, -0.2) is 9.97 Å². The summed E-state index contributed by atoms with van der Waals surface area (Å²) in [5.74, 6) is 3.22. The van der Waals surface area contributed by atoms with E-state index in [1.54, 1.807) is 0 Å². The molecule has 0 spiro atoms. The highest BCUT2D eigenvalue weighted by atomic mass is 32.1. The Morgan fingerprint density at radius 2 is 1.62 bits per heavy atom. The molecule has 2 aliphatic carbocycles. The quantitative estimate of drug-likeness (QED) is 0.251. The van der Waals surface area contributed by atoms with Crippen LogP contribution in [-0.2, 0) is 16.6 Å². The van der Waals surface area contributed by atoms with Crippen molar-refractivity contribution in [2.75, 3.05) is 13.1 Å². The molecule has 2 amide bonds. The van der Waals surface area contributed by atoms with Gasteiger partial charge in [0.05, 0.1) is 4.88 Å². The fourth-order valence-corrected chi connectivity index (χ4v) is 8.70. The van der Waals surface area contributed by atoms with Gasteiger partial charge in [0.25, 0.3) is 5.91 Å². The molecule has 6 rings (SSSR count). The number of hydrogen-bond donors (Lipinski definition) is 1. The van der Waals surface area contributed by atoms with Gasteiger partial charge in [-0.15, -0.1) is 11.3 Å². The van der Waals surface area contributed by atoms with Gasteiger partial charge in [-0.1, -0.05) is 77.3 Å². The molecule has 6 nitrogen and oxygen atoms in total. The predicted octanol–water partition coefficient (Wildman–Crippen LogP) is 8.87. The van der Waals surface area contributed by atoms with E-state index < -0.39 is 6.04 Å². The van der Waals surface area contributed by atoms with Gasteiger partial charge >= 0.3 is 0 Å². The fourth-order valence-electron chi connectivity index (χ4n) is 7.73. The normalized spacial score (nSPS) is 22.5. The van der Waals surface area contributed by atoms with Crippen molar-refractivity contribution in [3.05, 3.63) is 75.7 Å². The summed E-state index contributed by atoms with van der Waals surface area (Å²) in [6.07, 6.45) is 19.5. The van der Waals surface area contributed by atoms with Crippen LogP contribution in [0.1, 0.15) is 118 Å². The van der Waals surface area contributed by atoms with Gasteiger partial charge in [-0.3, -0.25) is 9.59 Å². The lowest BCUT2D eigenvalue weighted by Gasteiger charge is -2.35. The van der Waals surface area contributed by atoms with Crippen LogP contribution in [0.25, 0.3) is 17.0 Å². The topological polar surface area (TPSA) is 75.2 Å². The summed E-state index contributed by atoms with van der Waals surface area (Å²) in [4.78, 5) is 40.0. The third-order valence-electron chi connectivity index (χ3n) is 10.9. The molecule has 1 saturated heterocycles. The van der Waals surface area contributed by atoms with Gasteiger partial charge in [-0.2, -0.15) is 0 Å². The van der Waals surface area contributed by atoms with Crippen LogP contribution in [0.4, 0.5) is 0 Å². The van der Waals surface area contributed by atoms with Gasteiger partial charge in [0, 0.05) is 47.9 Å². The van der Waals surface area contributed by atoms with Gasteiger partial charge < -0.3 is 10.2 Å². The summed E-state index contributed by atoms with van der Waals surface area (Å²) in [5, 5.41) is 3.08. The van der Waals surface area contributed by atoms with Crippen molar-refractivity contribution < 1.29 is 9.59 Å². The van der Waals surface area contributed by atoms with E-state index in [1.807, 2.05) is 53.7 Å². The Hall–Kier alpha value is -3.32. The van der Waals surface area contributed by atoms with Gasteiger partial charge in [-0.05, 0) is 91.4 Å². The first-order chi connectivity index (χ1) is 22.7. The lowest BCUT2D eigenvalue weighted by molar-refractivity contribution is -0.132. The summed E-state index contributed by atoms with van der Waals surface area (Å²) in [5.41, 5.74) is 4.44. The van der Waals surface area contributed by atoms with Crippen LogP contribution in [0.15, 0.2) is 54.9 Å². The SMILES string of the molecule is CCC1CCC(C2CC=C(c3cnc(-c4ccc(CC(NC(=O)c5ccc(C(C)(C)C)s5)C(=O)N5CCCC5)cc4)nc3)CC2)CC1. The smallest absolute Gasteiger partial charge is 0.262 e. The molecule has 1 N–H and O–H groups in total. The molecular weight excluding hydrogens is 601 g/mol. The van der Waals surface area contributed by atoms with Crippen molar-refractivity contribution in [3.63, 3.8) is 0 Å². The van der Waals surface area contributed by atoms with E-state index in [2.05, 4.69) is 39.1 Å². The summed E-state index contributed by atoms with van der Waals surface area (Å²) in [7, 11) is 0. The molecule has 2 fully saturated rings. The zero-order chi connectivity index (χ0) is 33.0. The Bertz CT molecular complexity index is 1540. The number of benzene rings is 1. The average molecular weight is 653 g/mol. The Morgan fingerprint density at radius 1 is 0.915 bits per heavy atom. The molecule has 3 aliphatic rings. The lowest BCUT2D eigenvalue weighted by atomic mass is 9.71. The van der Waals surface area contributed by atoms with Crippen LogP contribution in [-0.4, -0.2) is 45.8 Å². The van der Waals surface area contributed by atoms with Gasteiger partial charge in [0.2, 0.25) is 5.91 Å². The fraction of sp³-hybridized carbons (Fsp3) is 0.550. The van der Waals surface area contributed by atoms with Crippen molar-refractivity contribution in [2.24, 2.45) is 17.8 Å². The minimum Gasteiger partial charge on any atom is -0.341 e. The van der Waals surface area contributed by atoms with Crippen LogP contribution in [0.3, 0.4) is 0 Å². The Kier molecular flexibility index (Phi) is 10.6. The molecule has 47 heavy (non-hydrogen) atoms. The number of aromatic nitrogens is 2. The molecule has 2 aromatic heterocycles. The minimum absolute atomic E-state index is 0.00124. The summed E-state index contributed by atoms with van der Waals surface area (Å²) in [6.45, 7) is 10.3. The molecule has 3 heterocycles. The molecule has 1 aromatic carbocycles. The molecule has 0 radical (unpaired) electrons. The molecule has 1 aliphatic heterocycles. The number of rotatable bonds is 9. The number of nitrogens with zero attached hydrogens (tertiary/aromatic N) is 3. The second-order valence-electron chi connectivity index (χ2n) is 15.1. The molecule has 1 saturated carbocycles. The molecule has 7 heteroatoms. The number of carbonyl (C=O) groups is 2. The molecule has 2 atom stereocenters. The first-order valence-electron chi connectivity index (χ1n) is 18.0. The largest absolute Gasteiger partial charge is 0.341 e. The van der Waals surface area contributed by atoms with E-state index >= 15 is 0 Å². The standard InChI is InChI=1S/C40H52N4O2S/c1-5-27-8-12-29(13-9-27)30-16-18-31(19-17-30)33-25-41-37(42-26-33)32-14-10-28(11-15-32)24-34(39(46)44-22-6-7-23-44)43-38(45)35-20-21-36(47-35)40(2,3)4/h10-11,14-15,18,20-21,25-27,29-30,34H,5-9,12-13,16-17,19,22-24H2,1-4H3,(H,43,45). The second-order valence-corrected chi connectivity index (χ2v) is 16.2. The third kappa shape index (κ3) is 8.22. The van der Waals surface area contributed by atoms with Crippen molar-refractivity contribution in [3.8, 4) is 11.4 Å². The van der Waals surface area contributed by atoms with E-state index in [1.165, 1.54) is 61.9 Å². The van der Waals surface area contributed by atoms with Crippen LogP contribution in [0.5, 0.6) is 0 Å². The second kappa shape index (κ2) is 14.8. The van der Waals surface area contributed by atoms with Crippen LogP contribution >= 0.6 is 11.3 Å². The maximum atomic E-state index is 13.5. The first-order valence-corrected chi connectivity index (χ1v) is 18.8. The highest BCUT2D eigenvalue weighted by Crippen LogP contribution is 2.41. The van der Waals surface area contributed by atoms with Crippen LogP contribution in [0.2, 0.25) is 0 Å².